The Bertz CT molecular complexity index is 890. The number of nitrogens with zero attached hydrogens (tertiary/aromatic N) is 5. The molecule has 1 N–H and O–H groups in total. The van der Waals surface area contributed by atoms with Gasteiger partial charge in [0.2, 0.25) is 0 Å². The number of benzene rings is 1. The molecular weight excluding hydrogens is 313 g/mol. The molecule has 0 amide bonds. The molecule has 122 valence electrons. The van der Waals surface area contributed by atoms with Crippen LogP contribution in [0.1, 0.15) is 34.8 Å². The summed E-state index contributed by atoms with van der Waals surface area (Å²) >= 11 is 0. The summed E-state index contributed by atoms with van der Waals surface area (Å²) in [6, 6.07) is 8.24. The maximum Gasteiger partial charge on any atom is 0.335 e. The van der Waals surface area contributed by atoms with Crippen LogP contribution in [0.15, 0.2) is 36.5 Å². The van der Waals surface area contributed by atoms with Crippen molar-refractivity contribution in [2.75, 3.05) is 0 Å². The van der Waals surface area contributed by atoms with Gasteiger partial charge in [-0.05, 0) is 54.1 Å². The number of aromatic carboxylic acids is 1. The van der Waals surface area contributed by atoms with Gasteiger partial charge in [-0.2, -0.15) is 4.68 Å². The summed E-state index contributed by atoms with van der Waals surface area (Å²) in [5, 5.41) is 20.2. The zero-order valence-electron chi connectivity index (χ0n) is 13.0. The molecule has 0 aliphatic carbocycles. The van der Waals surface area contributed by atoms with Crippen LogP contribution in [-0.2, 0) is 0 Å². The number of aryl methyl sites for hydroxylation is 1. The van der Waals surface area contributed by atoms with Crippen molar-refractivity contribution in [2.45, 2.75) is 20.0 Å². The molecule has 0 radical (unpaired) electrons. The van der Waals surface area contributed by atoms with Gasteiger partial charge in [-0.15, -0.1) is 5.10 Å². The van der Waals surface area contributed by atoms with E-state index in [4.69, 9.17) is 0 Å². The van der Waals surface area contributed by atoms with Crippen LogP contribution in [0.3, 0.4) is 0 Å². The fourth-order valence-corrected chi connectivity index (χ4v) is 2.27. The lowest BCUT2D eigenvalue weighted by atomic mass is 10.1. The first-order chi connectivity index (χ1) is 11.5. The second kappa shape index (κ2) is 6.15. The van der Waals surface area contributed by atoms with Gasteiger partial charge in [0.25, 0.3) is 0 Å². The van der Waals surface area contributed by atoms with Crippen molar-refractivity contribution in [1.29, 1.82) is 0 Å². The van der Waals surface area contributed by atoms with Crippen LogP contribution in [0, 0.1) is 6.92 Å². The maximum atomic E-state index is 13.6. The second-order valence-corrected chi connectivity index (χ2v) is 5.36. The number of aromatic nitrogens is 5. The highest BCUT2D eigenvalue weighted by atomic mass is 19.1. The molecule has 0 fully saturated rings. The molecule has 2 heterocycles. The summed E-state index contributed by atoms with van der Waals surface area (Å²) in [5.41, 5.74) is 2.57. The van der Waals surface area contributed by atoms with E-state index in [1.54, 1.807) is 18.3 Å². The standard InChI is InChI=1S/C16H14FN5O2/c1-9-3-4-14(18-8-9)11-5-12(16(23)24)7-13(6-11)22-15(10(2)17)19-20-21-22/h3-8,10H,1-2H3,(H,23,24). The molecule has 3 rings (SSSR count). The normalized spacial score (nSPS) is 12.1. The van der Waals surface area contributed by atoms with Crippen LogP contribution in [0.2, 0.25) is 0 Å². The largest absolute Gasteiger partial charge is 0.478 e. The van der Waals surface area contributed by atoms with Gasteiger partial charge in [0, 0.05) is 11.8 Å². The molecule has 2 aromatic heterocycles. The highest BCUT2D eigenvalue weighted by Crippen LogP contribution is 2.25. The molecule has 0 saturated heterocycles. The molecule has 0 spiro atoms. The molecule has 1 aromatic carbocycles. The number of rotatable bonds is 4. The smallest absolute Gasteiger partial charge is 0.335 e. The number of carboxylic acid groups (broad SMARTS) is 1. The number of carboxylic acids is 1. The molecule has 1 atom stereocenters. The Morgan fingerprint density at radius 2 is 2.08 bits per heavy atom. The first kappa shape index (κ1) is 15.7. The fraction of sp³-hybridized carbons (Fsp3) is 0.188. The Kier molecular flexibility index (Phi) is 4.03. The molecule has 0 aliphatic rings. The SMILES string of the molecule is Cc1ccc(-c2cc(C(=O)O)cc(-n3nnnc3C(C)F)c2)nc1. The highest BCUT2D eigenvalue weighted by molar-refractivity contribution is 5.90. The first-order valence-electron chi connectivity index (χ1n) is 7.20. The number of carbonyl (C=O) groups is 1. The van der Waals surface area contributed by atoms with Crippen molar-refractivity contribution < 1.29 is 14.3 Å². The minimum atomic E-state index is -1.39. The maximum absolute atomic E-state index is 13.6. The van der Waals surface area contributed by atoms with Gasteiger partial charge in [-0.25, -0.2) is 9.18 Å². The summed E-state index contributed by atoms with van der Waals surface area (Å²) in [6.07, 6.45) is 0.295. The van der Waals surface area contributed by atoms with E-state index in [0.29, 0.717) is 16.9 Å². The molecule has 3 aromatic rings. The average molecular weight is 327 g/mol. The zero-order valence-corrected chi connectivity index (χ0v) is 13.0. The van der Waals surface area contributed by atoms with Crippen LogP contribution >= 0.6 is 0 Å². The van der Waals surface area contributed by atoms with Gasteiger partial charge in [0.1, 0.15) is 0 Å². The predicted octanol–water partition coefficient (Wildman–Crippen LogP) is 2.76. The van der Waals surface area contributed by atoms with Crippen LogP contribution in [-0.4, -0.2) is 36.3 Å². The molecule has 24 heavy (non-hydrogen) atoms. The van der Waals surface area contributed by atoms with E-state index in [9.17, 15) is 14.3 Å². The molecule has 0 saturated carbocycles. The van der Waals surface area contributed by atoms with E-state index in [1.165, 1.54) is 23.7 Å². The van der Waals surface area contributed by atoms with E-state index in [-0.39, 0.29) is 11.4 Å². The zero-order chi connectivity index (χ0) is 17.3. The Hall–Kier alpha value is -3.16. The third-order valence-corrected chi connectivity index (χ3v) is 3.47. The number of halogens is 1. The number of alkyl halides is 1. The summed E-state index contributed by atoms with van der Waals surface area (Å²) in [5.74, 6) is -1.10. The lowest BCUT2D eigenvalue weighted by Gasteiger charge is -2.09. The van der Waals surface area contributed by atoms with Crippen LogP contribution < -0.4 is 0 Å². The first-order valence-corrected chi connectivity index (χ1v) is 7.20. The van der Waals surface area contributed by atoms with Crippen molar-refractivity contribution in [2.24, 2.45) is 0 Å². The van der Waals surface area contributed by atoms with E-state index >= 15 is 0 Å². The van der Waals surface area contributed by atoms with Crippen molar-refractivity contribution in [3.63, 3.8) is 0 Å². The Balaban J connectivity index is 2.18. The van der Waals surface area contributed by atoms with E-state index in [1.807, 2.05) is 13.0 Å². The minimum absolute atomic E-state index is 0.000328. The summed E-state index contributed by atoms with van der Waals surface area (Å²) in [6.45, 7) is 3.22. The van der Waals surface area contributed by atoms with Gasteiger partial charge in [0.15, 0.2) is 12.0 Å². The average Bonchev–Trinajstić information content (AvgIpc) is 3.05. The van der Waals surface area contributed by atoms with Crippen molar-refractivity contribution in [3.8, 4) is 16.9 Å². The van der Waals surface area contributed by atoms with E-state index in [0.717, 1.165) is 5.56 Å². The lowest BCUT2D eigenvalue weighted by molar-refractivity contribution is 0.0697. The van der Waals surface area contributed by atoms with E-state index < -0.39 is 12.1 Å². The summed E-state index contributed by atoms with van der Waals surface area (Å²) < 4.78 is 14.8. The highest BCUT2D eigenvalue weighted by Gasteiger charge is 2.17. The lowest BCUT2D eigenvalue weighted by Crippen LogP contribution is -2.07. The van der Waals surface area contributed by atoms with Gasteiger partial charge in [-0.3, -0.25) is 4.98 Å². The third kappa shape index (κ3) is 2.98. The Morgan fingerprint density at radius 3 is 2.71 bits per heavy atom. The van der Waals surface area contributed by atoms with Gasteiger partial charge in [0.05, 0.1) is 16.9 Å². The fourth-order valence-electron chi connectivity index (χ4n) is 2.27. The predicted molar refractivity (Wildman–Crippen MR) is 83.6 cm³/mol. The van der Waals surface area contributed by atoms with Crippen molar-refractivity contribution in [3.05, 3.63) is 53.5 Å². The molecule has 0 aliphatic heterocycles. The van der Waals surface area contributed by atoms with Crippen LogP contribution in [0.25, 0.3) is 16.9 Å². The summed E-state index contributed by atoms with van der Waals surface area (Å²) in [4.78, 5) is 15.7. The Labute approximate surface area is 136 Å². The molecular formula is C16H14FN5O2. The van der Waals surface area contributed by atoms with Gasteiger partial charge >= 0.3 is 5.97 Å². The minimum Gasteiger partial charge on any atom is -0.478 e. The third-order valence-electron chi connectivity index (χ3n) is 3.47. The number of hydrogen-bond acceptors (Lipinski definition) is 5. The topological polar surface area (TPSA) is 93.8 Å². The number of pyridine rings is 1. The summed E-state index contributed by atoms with van der Waals surface area (Å²) in [7, 11) is 0. The monoisotopic (exact) mass is 327 g/mol. The Morgan fingerprint density at radius 1 is 1.29 bits per heavy atom. The van der Waals surface area contributed by atoms with Gasteiger partial charge < -0.3 is 5.11 Å². The van der Waals surface area contributed by atoms with Crippen molar-refractivity contribution >= 4 is 5.97 Å². The number of tetrazole rings is 1. The quantitative estimate of drug-likeness (QED) is 0.792. The van der Waals surface area contributed by atoms with Crippen LogP contribution in [0.4, 0.5) is 4.39 Å². The van der Waals surface area contributed by atoms with Crippen LogP contribution in [0.5, 0.6) is 0 Å². The van der Waals surface area contributed by atoms with Gasteiger partial charge in [-0.1, -0.05) is 6.07 Å². The molecule has 8 heteroatoms. The molecule has 7 nitrogen and oxygen atoms in total. The second-order valence-electron chi connectivity index (χ2n) is 5.36. The van der Waals surface area contributed by atoms with Crippen molar-refractivity contribution in [1.82, 2.24) is 25.2 Å². The number of hydrogen-bond donors (Lipinski definition) is 1. The molecule has 0 bridgehead atoms. The van der Waals surface area contributed by atoms with E-state index in [2.05, 4.69) is 20.5 Å². The molecule has 1 unspecified atom stereocenters.